The topological polar surface area (TPSA) is 38.7 Å². The van der Waals surface area contributed by atoms with Gasteiger partial charge >= 0.3 is 0 Å². The minimum Gasteiger partial charge on any atom is -0.508 e. The van der Waals surface area contributed by atoms with Crippen LogP contribution in [0.1, 0.15) is 25.7 Å². The van der Waals surface area contributed by atoms with Crippen molar-refractivity contribution in [1.29, 1.82) is 0 Å². The summed E-state index contributed by atoms with van der Waals surface area (Å²) < 4.78 is 0. The molecule has 1 aliphatic heterocycles. The number of anilines is 1. The fourth-order valence-electron chi connectivity index (χ4n) is 4.50. The molecule has 1 aromatic carbocycles. The zero-order chi connectivity index (χ0) is 15.8. The van der Waals surface area contributed by atoms with Crippen LogP contribution in [0, 0.1) is 11.8 Å². The third-order valence-electron chi connectivity index (χ3n) is 5.83. The number of nitrogens with one attached hydrogen (secondary N) is 1. The van der Waals surface area contributed by atoms with Crippen LogP contribution in [-0.2, 0) is 0 Å². The van der Waals surface area contributed by atoms with Crippen LogP contribution in [0.2, 0.25) is 0 Å². The van der Waals surface area contributed by atoms with Crippen molar-refractivity contribution < 1.29 is 5.11 Å². The van der Waals surface area contributed by atoms with Gasteiger partial charge in [-0.1, -0.05) is 6.42 Å². The Labute approximate surface area is 143 Å². The van der Waals surface area contributed by atoms with E-state index >= 15 is 0 Å². The van der Waals surface area contributed by atoms with E-state index in [1.165, 1.54) is 31.4 Å². The summed E-state index contributed by atoms with van der Waals surface area (Å²) in [7, 11) is 0. The Hall–Kier alpha value is -1.49. The van der Waals surface area contributed by atoms with E-state index in [4.69, 9.17) is 12.2 Å². The van der Waals surface area contributed by atoms with Crippen molar-refractivity contribution in [3.8, 4) is 5.75 Å². The maximum absolute atomic E-state index is 9.40. The Morgan fingerprint density at radius 3 is 2.39 bits per heavy atom. The molecule has 2 aliphatic carbocycles. The van der Waals surface area contributed by atoms with Gasteiger partial charge in [-0.3, -0.25) is 0 Å². The van der Waals surface area contributed by atoms with Crippen LogP contribution in [0.25, 0.3) is 0 Å². The van der Waals surface area contributed by atoms with Crippen molar-refractivity contribution in [2.24, 2.45) is 11.8 Å². The standard InChI is InChI=1S/C18H25N3OS/c22-16-5-3-15(4-6-16)20-7-9-21(10-8-20)18(23)19-17-12-13-1-2-14(17)11-13/h3-6,13-14,17,22H,1-2,7-12H2,(H,19,23)/t13-,14-,17+/m1/s1. The van der Waals surface area contributed by atoms with Crippen LogP contribution in [-0.4, -0.2) is 47.3 Å². The largest absolute Gasteiger partial charge is 0.508 e. The molecule has 3 fully saturated rings. The zero-order valence-electron chi connectivity index (χ0n) is 13.4. The van der Waals surface area contributed by atoms with E-state index in [9.17, 15) is 5.11 Å². The number of hydrogen-bond acceptors (Lipinski definition) is 3. The molecule has 2 N–H and O–H groups in total. The van der Waals surface area contributed by atoms with Crippen LogP contribution in [0.5, 0.6) is 5.75 Å². The van der Waals surface area contributed by atoms with Gasteiger partial charge in [0.2, 0.25) is 0 Å². The van der Waals surface area contributed by atoms with E-state index in [0.29, 0.717) is 11.8 Å². The summed E-state index contributed by atoms with van der Waals surface area (Å²) in [6.45, 7) is 3.88. The van der Waals surface area contributed by atoms with E-state index < -0.39 is 0 Å². The highest BCUT2D eigenvalue weighted by molar-refractivity contribution is 7.80. The van der Waals surface area contributed by atoms with Gasteiger partial charge in [-0.2, -0.15) is 0 Å². The maximum Gasteiger partial charge on any atom is 0.169 e. The predicted molar refractivity (Wildman–Crippen MR) is 96.9 cm³/mol. The Balaban J connectivity index is 1.29. The van der Waals surface area contributed by atoms with Crippen LogP contribution >= 0.6 is 12.2 Å². The maximum atomic E-state index is 9.40. The molecule has 1 heterocycles. The lowest BCUT2D eigenvalue weighted by atomic mass is 9.95. The summed E-state index contributed by atoms with van der Waals surface area (Å²) in [5.74, 6) is 2.13. The van der Waals surface area contributed by atoms with E-state index in [1.54, 1.807) is 12.1 Å². The monoisotopic (exact) mass is 331 g/mol. The smallest absolute Gasteiger partial charge is 0.169 e. The Kier molecular flexibility index (Phi) is 4.05. The number of rotatable bonds is 2. The minimum absolute atomic E-state index is 0.323. The highest BCUT2D eigenvalue weighted by atomic mass is 32.1. The highest BCUT2D eigenvalue weighted by Crippen LogP contribution is 2.44. The van der Waals surface area contributed by atoms with Gasteiger partial charge in [0.05, 0.1) is 0 Å². The molecule has 3 atom stereocenters. The first-order valence-electron chi connectivity index (χ1n) is 8.78. The van der Waals surface area contributed by atoms with E-state index in [2.05, 4.69) is 15.1 Å². The van der Waals surface area contributed by atoms with Crippen molar-refractivity contribution >= 4 is 23.0 Å². The fraction of sp³-hybridized carbons (Fsp3) is 0.611. The number of fused-ring (bicyclic) bond motifs is 2. The quantitative estimate of drug-likeness (QED) is 0.815. The molecule has 23 heavy (non-hydrogen) atoms. The molecular weight excluding hydrogens is 306 g/mol. The Bertz CT molecular complexity index is 568. The molecule has 2 saturated carbocycles. The SMILES string of the molecule is Oc1ccc(N2CCN(C(=S)N[C@H]3C[C@@H]4CC[C@@H]3C4)CC2)cc1. The number of hydrogen-bond donors (Lipinski definition) is 2. The average Bonchev–Trinajstić information content (AvgIpc) is 3.18. The van der Waals surface area contributed by atoms with Crippen LogP contribution in [0.3, 0.4) is 0 Å². The number of phenolic OH excluding ortho intramolecular Hbond substituents is 1. The summed E-state index contributed by atoms with van der Waals surface area (Å²) in [5, 5.41) is 14.0. The number of thiocarbonyl (C=S) groups is 1. The van der Waals surface area contributed by atoms with Gasteiger partial charge < -0.3 is 20.2 Å². The van der Waals surface area contributed by atoms with E-state index in [-0.39, 0.29) is 0 Å². The second-order valence-electron chi connectivity index (χ2n) is 7.22. The molecule has 1 aromatic rings. The number of phenols is 1. The van der Waals surface area contributed by atoms with E-state index in [0.717, 1.165) is 43.1 Å². The molecule has 0 spiro atoms. The molecule has 4 rings (SSSR count). The third kappa shape index (κ3) is 3.11. The number of nitrogens with zero attached hydrogens (tertiary/aromatic N) is 2. The van der Waals surface area contributed by atoms with Crippen molar-refractivity contribution in [3.63, 3.8) is 0 Å². The highest BCUT2D eigenvalue weighted by Gasteiger charge is 2.40. The summed E-state index contributed by atoms with van der Waals surface area (Å²) in [5.41, 5.74) is 1.18. The molecule has 0 unspecified atom stereocenters. The predicted octanol–water partition coefficient (Wildman–Crippen LogP) is 2.58. The lowest BCUT2D eigenvalue weighted by Crippen LogP contribution is -2.54. The first kappa shape index (κ1) is 15.1. The average molecular weight is 331 g/mol. The molecule has 0 radical (unpaired) electrons. The summed E-state index contributed by atoms with van der Waals surface area (Å²) in [6, 6.07) is 8.09. The summed E-state index contributed by atoms with van der Waals surface area (Å²) in [4.78, 5) is 4.67. The summed E-state index contributed by atoms with van der Waals surface area (Å²) >= 11 is 5.66. The van der Waals surface area contributed by atoms with Crippen molar-refractivity contribution in [3.05, 3.63) is 24.3 Å². The number of piperazine rings is 1. The van der Waals surface area contributed by atoms with Crippen LogP contribution < -0.4 is 10.2 Å². The minimum atomic E-state index is 0.323. The molecule has 0 amide bonds. The number of aromatic hydroxyl groups is 1. The first-order valence-corrected chi connectivity index (χ1v) is 9.19. The van der Waals surface area contributed by atoms with Gasteiger partial charge in [-0.05, 0) is 67.6 Å². The molecule has 3 aliphatic rings. The Morgan fingerprint density at radius 1 is 1.04 bits per heavy atom. The normalized spacial score (nSPS) is 29.8. The van der Waals surface area contributed by atoms with Crippen molar-refractivity contribution in [2.75, 3.05) is 31.1 Å². The van der Waals surface area contributed by atoms with Gasteiger partial charge in [0.1, 0.15) is 5.75 Å². The third-order valence-corrected chi connectivity index (χ3v) is 6.20. The van der Waals surface area contributed by atoms with Gasteiger partial charge in [-0.25, -0.2) is 0 Å². The lowest BCUT2D eigenvalue weighted by molar-refractivity contribution is 0.345. The second-order valence-corrected chi connectivity index (χ2v) is 7.61. The zero-order valence-corrected chi connectivity index (χ0v) is 14.3. The molecule has 4 nitrogen and oxygen atoms in total. The second kappa shape index (κ2) is 6.19. The van der Waals surface area contributed by atoms with Crippen LogP contribution in [0.4, 0.5) is 5.69 Å². The summed E-state index contributed by atoms with van der Waals surface area (Å²) in [6.07, 6.45) is 5.55. The molecule has 5 heteroatoms. The van der Waals surface area contributed by atoms with Gasteiger partial charge in [0.15, 0.2) is 5.11 Å². The molecule has 1 saturated heterocycles. The number of benzene rings is 1. The van der Waals surface area contributed by atoms with Gasteiger partial charge in [0.25, 0.3) is 0 Å². The Morgan fingerprint density at radius 2 is 1.78 bits per heavy atom. The van der Waals surface area contributed by atoms with Gasteiger partial charge in [0, 0.05) is 37.9 Å². The van der Waals surface area contributed by atoms with E-state index in [1.807, 2.05) is 12.1 Å². The molecule has 2 bridgehead atoms. The first-order chi connectivity index (χ1) is 11.2. The lowest BCUT2D eigenvalue weighted by Gasteiger charge is -2.38. The molecule has 124 valence electrons. The van der Waals surface area contributed by atoms with Gasteiger partial charge in [-0.15, -0.1) is 0 Å². The molecular formula is C18H25N3OS. The fourth-order valence-corrected chi connectivity index (χ4v) is 4.84. The molecule has 0 aromatic heterocycles. The van der Waals surface area contributed by atoms with Crippen molar-refractivity contribution in [1.82, 2.24) is 10.2 Å². The van der Waals surface area contributed by atoms with Crippen molar-refractivity contribution in [2.45, 2.75) is 31.7 Å². The van der Waals surface area contributed by atoms with Crippen LogP contribution in [0.15, 0.2) is 24.3 Å².